The zero-order valence-corrected chi connectivity index (χ0v) is 16.3. The van der Waals surface area contributed by atoms with Crippen LogP contribution in [0.1, 0.15) is 24.4 Å². The van der Waals surface area contributed by atoms with Crippen LogP contribution in [-0.4, -0.2) is 32.8 Å². The van der Waals surface area contributed by atoms with Crippen molar-refractivity contribution >= 4 is 10.9 Å². The number of pyridine rings is 2. The quantitative estimate of drug-likeness (QED) is 0.559. The van der Waals surface area contributed by atoms with Crippen LogP contribution in [0, 0.1) is 11.3 Å². The minimum absolute atomic E-state index is 0.221. The second kappa shape index (κ2) is 7.93. The molecule has 0 saturated carbocycles. The standard InChI is InChI=1S/C23H20N6O/c24-12-17-13-27-15-21-22(28-29(23(17)21)18-2-1-9-26-14-18)16-3-5-19(6-4-16)30-20-7-10-25-11-8-20/h3-8,10-11,13,15,18,26H,1-2,9,14H2. The molecular weight excluding hydrogens is 376 g/mol. The molecule has 1 unspecified atom stereocenters. The van der Waals surface area contributed by atoms with Crippen LogP contribution < -0.4 is 10.1 Å². The van der Waals surface area contributed by atoms with E-state index in [-0.39, 0.29) is 6.04 Å². The molecule has 7 nitrogen and oxygen atoms in total. The molecule has 0 bridgehead atoms. The fourth-order valence-corrected chi connectivity index (χ4v) is 3.91. The summed E-state index contributed by atoms with van der Waals surface area (Å²) in [7, 11) is 0. The molecule has 1 fully saturated rings. The van der Waals surface area contributed by atoms with E-state index in [0.717, 1.165) is 59.6 Å². The summed E-state index contributed by atoms with van der Waals surface area (Å²) in [6.07, 6.45) is 8.94. The minimum Gasteiger partial charge on any atom is -0.457 e. The van der Waals surface area contributed by atoms with E-state index in [1.807, 2.05) is 41.1 Å². The minimum atomic E-state index is 0.221. The predicted molar refractivity (Wildman–Crippen MR) is 113 cm³/mol. The van der Waals surface area contributed by atoms with Gasteiger partial charge in [0.2, 0.25) is 0 Å². The van der Waals surface area contributed by atoms with Crippen molar-refractivity contribution in [1.29, 1.82) is 5.26 Å². The molecule has 148 valence electrons. The van der Waals surface area contributed by atoms with Crippen molar-refractivity contribution in [1.82, 2.24) is 25.1 Å². The molecule has 1 atom stereocenters. The molecule has 0 spiro atoms. The number of ether oxygens (including phenoxy) is 1. The second-order valence-corrected chi connectivity index (χ2v) is 7.30. The molecule has 1 N–H and O–H groups in total. The number of hydrogen-bond acceptors (Lipinski definition) is 6. The first kappa shape index (κ1) is 18.3. The highest BCUT2D eigenvalue weighted by Crippen LogP contribution is 2.33. The monoisotopic (exact) mass is 396 g/mol. The Morgan fingerprint density at radius 1 is 1.03 bits per heavy atom. The lowest BCUT2D eigenvalue weighted by atomic mass is 10.1. The van der Waals surface area contributed by atoms with Gasteiger partial charge in [-0.2, -0.15) is 10.4 Å². The molecular formula is C23H20N6O. The highest BCUT2D eigenvalue weighted by atomic mass is 16.5. The first-order valence-corrected chi connectivity index (χ1v) is 9.99. The van der Waals surface area contributed by atoms with Crippen molar-refractivity contribution in [2.24, 2.45) is 0 Å². The number of hydrogen-bond donors (Lipinski definition) is 1. The SMILES string of the molecule is N#Cc1cncc2c(-c3ccc(Oc4ccncc4)cc3)nn(C3CCCNC3)c12. The Bertz CT molecular complexity index is 1200. The van der Waals surface area contributed by atoms with E-state index in [1.165, 1.54) is 0 Å². The highest BCUT2D eigenvalue weighted by molar-refractivity contribution is 5.95. The Kier molecular flexibility index (Phi) is 4.83. The molecule has 5 rings (SSSR count). The number of fused-ring (bicyclic) bond motifs is 1. The van der Waals surface area contributed by atoms with Crippen LogP contribution in [0.4, 0.5) is 0 Å². The van der Waals surface area contributed by atoms with Gasteiger partial charge in [0, 0.05) is 42.3 Å². The summed E-state index contributed by atoms with van der Waals surface area (Å²) in [5.74, 6) is 1.47. The van der Waals surface area contributed by atoms with Crippen LogP contribution in [0.15, 0.2) is 61.2 Å². The lowest BCUT2D eigenvalue weighted by molar-refractivity contribution is 0.355. The molecule has 1 aromatic carbocycles. The van der Waals surface area contributed by atoms with Crippen LogP contribution in [0.3, 0.4) is 0 Å². The van der Waals surface area contributed by atoms with Crippen molar-refractivity contribution in [3.05, 3.63) is 66.7 Å². The number of aromatic nitrogens is 4. The average Bonchev–Trinajstić information content (AvgIpc) is 3.21. The maximum Gasteiger partial charge on any atom is 0.130 e. The van der Waals surface area contributed by atoms with Gasteiger partial charge in [0.1, 0.15) is 23.3 Å². The van der Waals surface area contributed by atoms with Crippen molar-refractivity contribution in [3.63, 3.8) is 0 Å². The van der Waals surface area contributed by atoms with Crippen molar-refractivity contribution in [2.45, 2.75) is 18.9 Å². The highest BCUT2D eigenvalue weighted by Gasteiger charge is 2.23. The normalized spacial score (nSPS) is 16.3. The largest absolute Gasteiger partial charge is 0.457 e. The smallest absolute Gasteiger partial charge is 0.130 e. The average molecular weight is 396 g/mol. The van der Waals surface area contributed by atoms with Gasteiger partial charge in [-0.15, -0.1) is 0 Å². The van der Waals surface area contributed by atoms with E-state index in [9.17, 15) is 5.26 Å². The van der Waals surface area contributed by atoms with Crippen LogP contribution in [0.5, 0.6) is 11.5 Å². The van der Waals surface area contributed by atoms with Crippen LogP contribution >= 0.6 is 0 Å². The summed E-state index contributed by atoms with van der Waals surface area (Å²) in [4.78, 5) is 8.28. The lowest BCUT2D eigenvalue weighted by Crippen LogP contribution is -2.32. The van der Waals surface area contributed by atoms with Gasteiger partial charge in [0.15, 0.2) is 0 Å². The summed E-state index contributed by atoms with van der Waals surface area (Å²) in [6.45, 7) is 1.87. The number of nitrogens with one attached hydrogen (secondary N) is 1. The van der Waals surface area contributed by atoms with E-state index in [1.54, 1.807) is 24.8 Å². The molecule has 0 aliphatic carbocycles. The van der Waals surface area contributed by atoms with Crippen LogP contribution in [0.25, 0.3) is 22.2 Å². The van der Waals surface area contributed by atoms with E-state index in [2.05, 4.69) is 21.4 Å². The Morgan fingerprint density at radius 3 is 2.57 bits per heavy atom. The Balaban J connectivity index is 1.55. The lowest BCUT2D eigenvalue weighted by Gasteiger charge is -2.24. The third-order valence-corrected chi connectivity index (χ3v) is 5.36. The van der Waals surface area contributed by atoms with Crippen molar-refractivity contribution in [3.8, 4) is 28.8 Å². The van der Waals surface area contributed by atoms with Gasteiger partial charge in [-0.3, -0.25) is 14.6 Å². The Morgan fingerprint density at radius 2 is 1.83 bits per heavy atom. The molecule has 7 heteroatoms. The molecule has 30 heavy (non-hydrogen) atoms. The number of nitrogens with zero attached hydrogens (tertiary/aromatic N) is 5. The van der Waals surface area contributed by atoms with Crippen LogP contribution in [-0.2, 0) is 0 Å². The number of benzene rings is 1. The first-order chi connectivity index (χ1) is 14.8. The topological polar surface area (TPSA) is 88.7 Å². The van der Waals surface area contributed by atoms with E-state index in [4.69, 9.17) is 9.84 Å². The van der Waals surface area contributed by atoms with Gasteiger partial charge < -0.3 is 10.1 Å². The molecule has 0 amide bonds. The molecule has 0 radical (unpaired) electrons. The van der Waals surface area contributed by atoms with Gasteiger partial charge in [-0.1, -0.05) is 0 Å². The third-order valence-electron chi connectivity index (χ3n) is 5.36. The van der Waals surface area contributed by atoms with Gasteiger partial charge >= 0.3 is 0 Å². The van der Waals surface area contributed by atoms with E-state index < -0.39 is 0 Å². The van der Waals surface area contributed by atoms with Crippen LogP contribution in [0.2, 0.25) is 0 Å². The van der Waals surface area contributed by atoms with Gasteiger partial charge in [-0.25, -0.2) is 0 Å². The predicted octanol–water partition coefficient (Wildman–Crippen LogP) is 4.08. The Labute approximate surface area is 174 Å². The van der Waals surface area contributed by atoms with Gasteiger partial charge in [0.05, 0.1) is 17.1 Å². The third kappa shape index (κ3) is 3.38. The Hall–Kier alpha value is -3.76. The first-order valence-electron chi connectivity index (χ1n) is 9.99. The molecule has 1 aliphatic rings. The number of nitriles is 1. The molecule has 1 saturated heterocycles. The summed E-state index contributed by atoms with van der Waals surface area (Å²) >= 11 is 0. The summed E-state index contributed by atoms with van der Waals surface area (Å²) in [5.41, 5.74) is 3.19. The van der Waals surface area contributed by atoms with Crippen molar-refractivity contribution < 1.29 is 4.74 Å². The number of piperidine rings is 1. The zero-order chi connectivity index (χ0) is 20.3. The summed E-state index contributed by atoms with van der Waals surface area (Å²) in [6, 6.07) is 14.0. The molecule has 3 aromatic heterocycles. The fraction of sp³-hybridized carbons (Fsp3) is 0.217. The van der Waals surface area contributed by atoms with Gasteiger partial charge in [-0.05, 0) is 55.8 Å². The number of rotatable bonds is 4. The van der Waals surface area contributed by atoms with E-state index in [0.29, 0.717) is 5.56 Å². The molecule has 4 heterocycles. The zero-order valence-electron chi connectivity index (χ0n) is 16.3. The fourth-order valence-electron chi connectivity index (χ4n) is 3.91. The maximum absolute atomic E-state index is 9.65. The van der Waals surface area contributed by atoms with Crippen molar-refractivity contribution in [2.75, 3.05) is 13.1 Å². The van der Waals surface area contributed by atoms with Gasteiger partial charge in [0.25, 0.3) is 0 Å². The second-order valence-electron chi connectivity index (χ2n) is 7.30. The molecule has 1 aliphatic heterocycles. The maximum atomic E-state index is 9.65. The summed E-state index contributed by atoms with van der Waals surface area (Å²) < 4.78 is 7.88. The summed E-state index contributed by atoms with van der Waals surface area (Å²) in [5, 5.41) is 18.9. The molecule has 4 aromatic rings. The van der Waals surface area contributed by atoms with E-state index >= 15 is 0 Å².